The highest BCUT2D eigenvalue weighted by Crippen LogP contribution is 2.37. The standard InChI is InChI=1S/C20H12N4/c1-2-6-13(7-3-1)14-8-4-9-15-17(14)18-16(10-5-11-21-18)19-20(15)24-23-12-22-19/h1-12H. The first-order chi connectivity index (χ1) is 11.9. The van der Waals surface area contributed by atoms with Crippen LogP contribution in [0.2, 0.25) is 0 Å². The van der Waals surface area contributed by atoms with E-state index >= 15 is 0 Å². The van der Waals surface area contributed by atoms with Crippen LogP contribution in [0.3, 0.4) is 0 Å². The highest BCUT2D eigenvalue weighted by Gasteiger charge is 2.14. The molecule has 112 valence electrons. The third-order valence-corrected chi connectivity index (χ3v) is 4.32. The Bertz CT molecular complexity index is 1150. The number of benzene rings is 3. The van der Waals surface area contributed by atoms with Gasteiger partial charge < -0.3 is 0 Å². The van der Waals surface area contributed by atoms with Crippen LogP contribution in [0.5, 0.6) is 0 Å². The molecule has 3 aromatic carbocycles. The van der Waals surface area contributed by atoms with Crippen molar-refractivity contribution < 1.29 is 0 Å². The number of hydrogen-bond acceptors (Lipinski definition) is 4. The zero-order valence-electron chi connectivity index (χ0n) is 12.7. The fourth-order valence-electron chi connectivity index (χ4n) is 3.31. The van der Waals surface area contributed by atoms with E-state index < -0.39 is 0 Å². The predicted molar refractivity (Wildman–Crippen MR) is 95.6 cm³/mol. The number of nitrogens with zero attached hydrogens (tertiary/aromatic N) is 4. The van der Waals surface area contributed by atoms with Crippen molar-refractivity contribution >= 4 is 32.7 Å². The number of aromatic nitrogens is 4. The van der Waals surface area contributed by atoms with E-state index in [1.54, 1.807) is 0 Å². The molecular weight excluding hydrogens is 296 g/mol. The van der Waals surface area contributed by atoms with Crippen LogP contribution < -0.4 is 0 Å². The summed E-state index contributed by atoms with van der Waals surface area (Å²) in [4.78, 5) is 9.11. The SMILES string of the molecule is c1ccc(-c2cccc3c4nncnc4c4cccnc4c23)cc1. The third-order valence-electron chi connectivity index (χ3n) is 4.32. The van der Waals surface area contributed by atoms with E-state index in [1.807, 2.05) is 42.6 Å². The third kappa shape index (κ3) is 1.80. The molecule has 5 rings (SSSR count). The minimum Gasteiger partial charge on any atom is -0.256 e. The van der Waals surface area contributed by atoms with Gasteiger partial charge in [-0.05, 0) is 23.3 Å². The van der Waals surface area contributed by atoms with E-state index in [0.717, 1.165) is 43.8 Å². The van der Waals surface area contributed by atoms with Crippen LogP contribution in [0.25, 0.3) is 43.8 Å². The van der Waals surface area contributed by atoms with Gasteiger partial charge in [-0.3, -0.25) is 4.98 Å². The molecule has 0 bridgehead atoms. The van der Waals surface area contributed by atoms with E-state index in [2.05, 4.69) is 44.4 Å². The molecule has 0 aliphatic rings. The second-order valence-electron chi connectivity index (χ2n) is 5.65. The van der Waals surface area contributed by atoms with Gasteiger partial charge in [0.2, 0.25) is 0 Å². The molecule has 0 N–H and O–H groups in total. The molecule has 0 aliphatic heterocycles. The molecule has 0 saturated carbocycles. The topological polar surface area (TPSA) is 51.6 Å². The number of rotatable bonds is 1. The monoisotopic (exact) mass is 308 g/mol. The molecule has 0 amide bonds. The Labute approximate surface area is 137 Å². The maximum Gasteiger partial charge on any atom is 0.138 e. The lowest BCUT2D eigenvalue weighted by atomic mass is 9.95. The van der Waals surface area contributed by atoms with E-state index in [-0.39, 0.29) is 0 Å². The quantitative estimate of drug-likeness (QED) is 0.431. The summed E-state index contributed by atoms with van der Waals surface area (Å²) < 4.78 is 0. The lowest BCUT2D eigenvalue weighted by Crippen LogP contribution is -1.93. The molecule has 2 heterocycles. The molecule has 0 aliphatic carbocycles. The minimum atomic E-state index is 0.811. The number of pyridine rings is 1. The summed E-state index contributed by atoms with van der Waals surface area (Å²) in [5, 5.41) is 11.5. The predicted octanol–water partition coefficient (Wildman–Crippen LogP) is 4.39. The molecule has 2 aromatic heterocycles. The van der Waals surface area contributed by atoms with Gasteiger partial charge in [0.1, 0.15) is 17.4 Å². The normalized spacial score (nSPS) is 11.3. The second-order valence-corrected chi connectivity index (χ2v) is 5.65. The van der Waals surface area contributed by atoms with Crippen LogP contribution in [-0.4, -0.2) is 20.2 Å². The van der Waals surface area contributed by atoms with Gasteiger partial charge in [0.25, 0.3) is 0 Å². The van der Waals surface area contributed by atoms with Crippen LogP contribution in [-0.2, 0) is 0 Å². The molecule has 5 aromatic rings. The summed E-state index contributed by atoms with van der Waals surface area (Å²) >= 11 is 0. The van der Waals surface area contributed by atoms with Gasteiger partial charge in [-0.15, -0.1) is 10.2 Å². The molecule has 0 saturated heterocycles. The van der Waals surface area contributed by atoms with Gasteiger partial charge >= 0.3 is 0 Å². The maximum absolute atomic E-state index is 4.66. The van der Waals surface area contributed by atoms with E-state index in [4.69, 9.17) is 0 Å². The smallest absolute Gasteiger partial charge is 0.138 e. The first-order valence-corrected chi connectivity index (χ1v) is 7.76. The van der Waals surface area contributed by atoms with Gasteiger partial charge in [-0.2, -0.15) is 0 Å². The van der Waals surface area contributed by atoms with Gasteiger partial charge in [0.15, 0.2) is 0 Å². The Morgan fingerprint density at radius 3 is 2.42 bits per heavy atom. The largest absolute Gasteiger partial charge is 0.256 e. The van der Waals surface area contributed by atoms with Crippen LogP contribution in [0.1, 0.15) is 0 Å². The Morgan fingerprint density at radius 1 is 0.625 bits per heavy atom. The van der Waals surface area contributed by atoms with Gasteiger partial charge in [0, 0.05) is 22.4 Å². The zero-order valence-corrected chi connectivity index (χ0v) is 12.7. The molecule has 24 heavy (non-hydrogen) atoms. The Kier molecular flexibility index (Phi) is 2.76. The minimum absolute atomic E-state index is 0.811. The van der Waals surface area contributed by atoms with Gasteiger partial charge in [0.05, 0.1) is 5.52 Å². The molecule has 0 radical (unpaired) electrons. The van der Waals surface area contributed by atoms with Crippen molar-refractivity contribution in [2.24, 2.45) is 0 Å². The van der Waals surface area contributed by atoms with Crippen molar-refractivity contribution in [1.82, 2.24) is 20.2 Å². The number of fused-ring (bicyclic) bond motifs is 6. The summed E-state index contributed by atoms with van der Waals surface area (Å²) in [7, 11) is 0. The summed E-state index contributed by atoms with van der Waals surface area (Å²) in [5.41, 5.74) is 4.90. The summed E-state index contributed by atoms with van der Waals surface area (Å²) in [6.07, 6.45) is 3.31. The zero-order chi connectivity index (χ0) is 15.9. The van der Waals surface area contributed by atoms with E-state index in [1.165, 1.54) is 6.33 Å². The van der Waals surface area contributed by atoms with Gasteiger partial charge in [-0.1, -0.05) is 48.5 Å². The second kappa shape index (κ2) is 5.06. The van der Waals surface area contributed by atoms with Crippen molar-refractivity contribution in [3.8, 4) is 11.1 Å². The summed E-state index contributed by atoms with van der Waals surface area (Å²) in [6.45, 7) is 0. The highest BCUT2D eigenvalue weighted by molar-refractivity contribution is 6.25. The van der Waals surface area contributed by atoms with Gasteiger partial charge in [-0.25, -0.2) is 4.98 Å². The maximum atomic E-state index is 4.66. The highest BCUT2D eigenvalue weighted by atomic mass is 15.1. The Balaban J connectivity index is 2.09. The van der Waals surface area contributed by atoms with Crippen LogP contribution in [0.4, 0.5) is 0 Å². The average molecular weight is 308 g/mol. The van der Waals surface area contributed by atoms with Crippen LogP contribution in [0, 0.1) is 0 Å². The molecule has 0 spiro atoms. The molecule has 4 heteroatoms. The van der Waals surface area contributed by atoms with Crippen molar-refractivity contribution in [3.05, 3.63) is 73.2 Å². The van der Waals surface area contributed by atoms with Crippen LogP contribution >= 0.6 is 0 Å². The van der Waals surface area contributed by atoms with Crippen LogP contribution in [0.15, 0.2) is 73.2 Å². The van der Waals surface area contributed by atoms with Crippen molar-refractivity contribution in [2.45, 2.75) is 0 Å². The Morgan fingerprint density at radius 2 is 1.50 bits per heavy atom. The first-order valence-electron chi connectivity index (χ1n) is 7.76. The number of hydrogen-bond donors (Lipinski definition) is 0. The van der Waals surface area contributed by atoms with Crippen molar-refractivity contribution in [2.75, 3.05) is 0 Å². The molecule has 4 nitrogen and oxygen atoms in total. The van der Waals surface area contributed by atoms with E-state index in [9.17, 15) is 0 Å². The molecular formula is C20H12N4. The molecule has 0 fully saturated rings. The molecule has 0 atom stereocenters. The van der Waals surface area contributed by atoms with E-state index in [0.29, 0.717) is 0 Å². The summed E-state index contributed by atoms with van der Waals surface area (Å²) in [6, 6.07) is 20.6. The fourth-order valence-corrected chi connectivity index (χ4v) is 3.31. The summed E-state index contributed by atoms with van der Waals surface area (Å²) in [5.74, 6) is 0. The lowest BCUT2D eigenvalue weighted by Gasteiger charge is -2.11. The first kappa shape index (κ1) is 13.1. The average Bonchev–Trinajstić information content (AvgIpc) is 2.68. The molecule has 0 unspecified atom stereocenters. The fraction of sp³-hybridized carbons (Fsp3) is 0. The Hall–Kier alpha value is -3.40. The van der Waals surface area contributed by atoms with Crippen molar-refractivity contribution in [1.29, 1.82) is 0 Å². The van der Waals surface area contributed by atoms with Crippen molar-refractivity contribution in [3.63, 3.8) is 0 Å². The lowest BCUT2D eigenvalue weighted by molar-refractivity contribution is 1.03.